The fourth-order valence-corrected chi connectivity index (χ4v) is 4.32. The van der Waals surface area contributed by atoms with Gasteiger partial charge in [0.2, 0.25) is 0 Å². The van der Waals surface area contributed by atoms with Gasteiger partial charge in [-0.25, -0.2) is 8.42 Å². The smallest absolute Gasteiger partial charge is 0.387 e. The molecule has 2 aromatic carbocycles. The third-order valence-electron chi connectivity index (χ3n) is 4.78. The Kier molecular flexibility index (Phi) is 6.40. The lowest BCUT2D eigenvalue weighted by Gasteiger charge is -2.35. The Hall–Kier alpha value is -2.95. The van der Waals surface area contributed by atoms with Crippen molar-refractivity contribution in [1.29, 1.82) is 0 Å². The van der Waals surface area contributed by atoms with Crippen molar-refractivity contribution in [2.75, 3.05) is 29.6 Å². The molecular weight excluding hydrogens is 420 g/mol. The lowest BCUT2D eigenvalue weighted by atomic mass is 10.0. The minimum absolute atomic E-state index is 0.0235. The highest BCUT2D eigenvalue weighted by atomic mass is 32.2. The molecule has 1 fully saturated rings. The van der Waals surface area contributed by atoms with E-state index in [-0.39, 0.29) is 16.7 Å². The maximum Gasteiger partial charge on any atom is 0.387 e. The lowest BCUT2D eigenvalue weighted by Crippen LogP contribution is -2.42. The standard InChI is InChI=1S/C19H21F2N3O5S/c1-30(27,28)18-11-13(4-9-17(18)24(25)26)22-14-3-2-10-23(12-14)15-5-7-16(8-6-15)29-19(20)21/h4-9,11,14,19,22H,2-3,10,12H2,1H3. The van der Waals surface area contributed by atoms with Crippen LogP contribution in [-0.2, 0) is 9.84 Å². The summed E-state index contributed by atoms with van der Waals surface area (Å²) in [5.74, 6) is 0.0830. The summed E-state index contributed by atoms with van der Waals surface area (Å²) in [6, 6.07) is 10.3. The van der Waals surface area contributed by atoms with E-state index in [4.69, 9.17) is 0 Å². The number of nitro benzene ring substituents is 1. The van der Waals surface area contributed by atoms with E-state index in [0.717, 1.165) is 31.3 Å². The summed E-state index contributed by atoms with van der Waals surface area (Å²) in [5, 5.41) is 14.4. The van der Waals surface area contributed by atoms with E-state index in [1.54, 1.807) is 12.1 Å². The number of anilines is 2. The molecule has 1 heterocycles. The van der Waals surface area contributed by atoms with E-state index >= 15 is 0 Å². The van der Waals surface area contributed by atoms with E-state index < -0.39 is 27.1 Å². The average Bonchev–Trinajstić information content (AvgIpc) is 2.67. The van der Waals surface area contributed by atoms with Gasteiger partial charge in [0.1, 0.15) is 10.6 Å². The van der Waals surface area contributed by atoms with Gasteiger partial charge in [-0.15, -0.1) is 0 Å². The first-order valence-corrected chi connectivity index (χ1v) is 11.1. The SMILES string of the molecule is CS(=O)(=O)c1cc(NC2CCCN(c3ccc(OC(F)F)cc3)C2)ccc1[N+](=O)[O-]. The van der Waals surface area contributed by atoms with Gasteiger partial charge in [-0.2, -0.15) is 8.78 Å². The number of benzene rings is 2. The third-order valence-corrected chi connectivity index (χ3v) is 5.90. The normalized spacial score (nSPS) is 17.1. The van der Waals surface area contributed by atoms with E-state index in [1.165, 1.54) is 30.3 Å². The summed E-state index contributed by atoms with van der Waals surface area (Å²) in [4.78, 5) is 12.1. The molecule has 0 aliphatic carbocycles. The van der Waals surface area contributed by atoms with Crippen LogP contribution in [0, 0.1) is 10.1 Å². The molecule has 0 saturated carbocycles. The summed E-state index contributed by atoms with van der Waals surface area (Å²) in [6.07, 6.45) is 2.62. The number of piperidine rings is 1. The molecule has 162 valence electrons. The van der Waals surface area contributed by atoms with E-state index in [9.17, 15) is 27.3 Å². The van der Waals surface area contributed by atoms with Crippen LogP contribution in [0.1, 0.15) is 12.8 Å². The van der Waals surface area contributed by atoms with Crippen molar-refractivity contribution in [3.8, 4) is 5.75 Å². The molecule has 2 aromatic rings. The van der Waals surface area contributed by atoms with Gasteiger partial charge in [-0.3, -0.25) is 10.1 Å². The van der Waals surface area contributed by atoms with Gasteiger partial charge in [0, 0.05) is 42.8 Å². The van der Waals surface area contributed by atoms with Crippen molar-refractivity contribution in [2.45, 2.75) is 30.4 Å². The number of nitro groups is 1. The van der Waals surface area contributed by atoms with Crippen molar-refractivity contribution in [2.24, 2.45) is 0 Å². The summed E-state index contributed by atoms with van der Waals surface area (Å²) < 4.78 is 52.8. The fraction of sp³-hybridized carbons (Fsp3) is 0.368. The monoisotopic (exact) mass is 441 g/mol. The Morgan fingerprint density at radius 1 is 1.23 bits per heavy atom. The van der Waals surface area contributed by atoms with Crippen LogP contribution in [0.3, 0.4) is 0 Å². The van der Waals surface area contributed by atoms with E-state index in [0.29, 0.717) is 12.2 Å². The fourth-order valence-electron chi connectivity index (χ4n) is 3.46. The van der Waals surface area contributed by atoms with E-state index in [2.05, 4.69) is 15.0 Å². The molecule has 3 rings (SSSR count). The van der Waals surface area contributed by atoms with Gasteiger partial charge >= 0.3 is 6.61 Å². The minimum Gasteiger partial charge on any atom is -0.435 e. The van der Waals surface area contributed by atoms with Crippen molar-refractivity contribution < 1.29 is 26.9 Å². The molecule has 1 saturated heterocycles. The van der Waals surface area contributed by atoms with Crippen LogP contribution in [-0.4, -0.2) is 45.3 Å². The number of ether oxygens (including phenoxy) is 1. The molecular formula is C19H21F2N3O5S. The zero-order chi connectivity index (χ0) is 21.9. The predicted molar refractivity (Wildman–Crippen MR) is 108 cm³/mol. The number of hydrogen-bond acceptors (Lipinski definition) is 7. The first-order chi connectivity index (χ1) is 14.1. The molecule has 1 aliphatic rings. The molecule has 30 heavy (non-hydrogen) atoms. The van der Waals surface area contributed by atoms with E-state index in [1.807, 2.05) is 0 Å². The quantitative estimate of drug-likeness (QED) is 0.517. The average molecular weight is 441 g/mol. The van der Waals surface area contributed by atoms with Gasteiger partial charge in [0.25, 0.3) is 5.69 Å². The van der Waals surface area contributed by atoms with Crippen molar-refractivity contribution in [3.63, 3.8) is 0 Å². The predicted octanol–water partition coefficient (Wildman–Crippen LogP) is 3.68. The van der Waals surface area contributed by atoms with Crippen LogP contribution in [0.2, 0.25) is 0 Å². The number of sulfone groups is 1. The maximum absolute atomic E-state index is 12.3. The zero-order valence-corrected chi connectivity index (χ0v) is 16.9. The number of nitrogens with one attached hydrogen (secondary N) is 1. The van der Waals surface area contributed by atoms with Crippen LogP contribution in [0.4, 0.5) is 25.8 Å². The number of halogens is 2. The van der Waals surface area contributed by atoms with Crippen LogP contribution >= 0.6 is 0 Å². The van der Waals surface area contributed by atoms with Crippen molar-refractivity contribution in [1.82, 2.24) is 0 Å². The number of nitrogens with zero attached hydrogens (tertiary/aromatic N) is 2. The summed E-state index contributed by atoms with van der Waals surface area (Å²) in [5.41, 5.74) is 0.872. The van der Waals surface area contributed by atoms with Crippen molar-refractivity contribution >= 4 is 26.9 Å². The van der Waals surface area contributed by atoms with Crippen LogP contribution in [0.25, 0.3) is 0 Å². The molecule has 8 nitrogen and oxygen atoms in total. The largest absolute Gasteiger partial charge is 0.435 e. The first kappa shape index (κ1) is 21.8. The van der Waals surface area contributed by atoms with Crippen LogP contribution in [0.5, 0.6) is 5.75 Å². The maximum atomic E-state index is 12.3. The minimum atomic E-state index is -3.77. The number of rotatable bonds is 7. The van der Waals surface area contributed by atoms with Crippen LogP contribution < -0.4 is 15.0 Å². The molecule has 1 N–H and O–H groups in total. The Labute approximate surface area is 172 Å². The van der Waals surface area contributed by atoms with Gasteiger partial charge in [0.15, 0.2) is 9.84 Å². The second kappa shape index (κ2) is 8.82. The Morgan fingerprint density at radius 3 is 2.53 bits per heavy atom. The Balaban J connectivity index is 1.73. The second-order valence-electron chi connectivity index (χ2n) is 7.01. The highest BCUT2D eigenvalue weighted by Gasteiger charge is 2.25. The van der Waals surface area contributed by atoms with Gasteiger partial charge in [0.05, 0.1) is 4.92 Å². The molecule has 1 aliphatic heterocycles. The molecule has 0 radical (unpaired) electrons. The molecule has 1 unspecified atom stereocenters. The summed E-state index contributed by atoms with van der Waals surface area (Å²) >= 11 is 0. The lowest BCUT2D eigenvalue weighted by molar-refractivity contribution is -0.387. The molecule has 11 heteroatoms. The van der Waals surface area contributed by atoms with Gasteiger partial charge < -0.3 is 15.0 Å². The Bertz CT molecular complexity index is 1020. The molecule has 0 spiro atoms. The molecule has 0 aromatic heterocycles. The number of hydrogen-bond donors (Lipinski definition) is 1. The Morgan fingerprint density at radius 2 is 1.93 bits per heavy atom. The summed E-state index contributed by atoms with van der Waals surface area (Å²) in [6.45, 7) is -1.50. The molecule has 1 atom stereocenters. The highest BCUT2D eigenvalue weighted by Crippen LogP contribution is 2.29. The van der Waals surface area contributed by atoms with Gasteiger partial charge in [-0.05, 0) is 49.2 Å². The highest BCUT2D eigenvalue weighted by molar-refractivity contribution is 7.90. The van der Waals surface area contributed by atoms with Crippen LogP contribution in [0.15, 0.2) is 47.4 Å². The molecule has 0 bridgehead atoms. The topological polar surface area (TPSA) is 102 Å². The third kappa shape index (κ3) is 5.35. The number of alkyl halides is 2. The van der Waals surface area contributed by atoms with Gasteiger partial charge in [-0.1, -0.05) is 0 Å². The van der Waals surface area contributed by atoms with Crippen molar-refractivity contribution in [3.05, 3.63) is 52.6 Å². The molecule has 0 amide bonds. The summed E-state index contributed by atoms with van der Waals surface area (Å²) in [7, 11) is -3.77. The second-order valence-corrected chi connectivity index (χ2v) is 9.00. The zero-order valence-electron chi connectivity index (χ0n) is 16.1. The first-order valence-electron chi connectivity index (χ1n) is 9.18.